The number of hydrogen-bond acceptors (Lipinski definition) is 3. The number of aliphatic hydroxyl groups excluding tert-OH is 1. The molecule has 0 amide bonds. The third-order valence-electron chi connectivity index (χ3n) is 5.28. The van der Waals surface area contributed by atoms with Gasteiger partial charge in [-0.3, -0.25) is 4.90 Å². The number of piperidine rings is 1. The number of hydrogen-bond donors (Lipinski definition) is 2. The van der Waals surface area contributed by atoms with Crippen molar-refractivity contribution < 1.29 is 10.2 Å². The molecule has 1 aliphatic rings. The SMILES string of the molecule is C[C@H](C(O)c1ccc(O)cc1)N1CCC(Cc2ccccc2)CC1. The second-order valence-corrected chi connectivity index (χ2v) is 6.95. The number of aliphatic hydroxyl groups is 1. The van der Waals surface area contributed by atoms with Gasteiger partial charge in [0.25, 0.3) is 0 Å². The summed E-state index contributed by atoms with van der Waals surface area (Å²) in [6, 6.07) is 17.7. The number of nitrogens with zero attached hydrogens (tertiary/aromatic N) is 1. The van der Waals surface area contributed by atoms with Gasteiger partial charge in [0.1, 0.15) is 5.75 Å². The molecule has 24 heavy (non-hydrogen) atoms. The summed E-state index contributed by atoms with van der Waals surface area (Å²) in [6.45, 7) is 4.16. The molecule has 0 saturated carbocycles. The molecule has 1 heterocycles. The molecular formula is C21H27NO2. The van der Waals surface area contributed by atoms with Gasteiger partial charge in [0.2, 0.25) is 0 Å². The molecule has 2 atom stereocenters. The first-order chi connectivity index (χ1) is 11.6. The van der Waals surface area contributed by atoms with Gasteiger partial charge in [0.05, 0.1) is 6.10 Å². The molecule has 0 bridgehead atoms. The lowest BCUT2D eigenvalue weighted by molar-refractivity contribution is 0.0373. The molecule has 2 aromatic carbocycles. The Balaban J connectivity index is 1.53. The van der Waals surface area contributed by atoms with E-state index in [0.29, 0.717) is 0 Å². The minimum absolute atomic E-state index is 0.0900. The Kier molecular flexibility index (Phi) is 5.54. The molecular weight excluding hydrogens is 298 g/mol. The van der Waals surface area contributed by atoms with Crippen LogP contribution < -0.4 is 0 Å². The van der Waals surface area contributed by atoms with Crippen LogP contribution in [-0.2, 0) is 6.42 Å². The zero-order valence-corrected chi connectivity index (χ0v) is 14.3. The first kappa shape index (κ1) is 17.0. The number of likely N-dealkylation sites (tertiary alicyclic amines) is 1. The lowest BCUT2D eigenvalue weighted by Crippen LogP contribution is -2.43. The highest BCUT2D eigenvalue weighted by atomic mass is 16.3. The minimum atomic E-state index is -0.517. The molecule has 1 aliphatic heterocycles. The molecule has 0 radical (unpaired) electrons. The van der Waals surface area contributed by atoms with Gasteiger partial charge in [-0.1, -0.05) is 42.5 Å². The molecule has 3 heteroatoms. The number of aromatic hydroxyl groups is 1. The van der Waals surface area contributed by atoms with Gasteiger partial charge in [-0.2, -0.15) is 0 Å². The summed E-state index contributed by atoms with van der Waals surface area (Å²) in [4.78, 5) is 2.39. The van der Waals surface area contributed by atoms with Crippen LogP contribution in [0, 0.1) is 5.92 Å². The predicted molar refractivity (Wildman–Crippen MR) is 97.0 cm³/mol. The van der Waals surface area contributed by atoms with Crippen molar-refractivity contribution in [3.05, 3.63) is 65.7 Å². The average Bonchev–Trinajstić information content (AvgIpc) is 2.63. The van der Waals surface area contributed by atoms with Crippen molar-refractivity contribution in [2.45, 2.75) is 38.3 Å². The van der Waals surface area contributed by atoms with E-state index in [9.17, 15) is 10.2 Å². The third kappa shape index (κ3) is 4.16. The van der Waals surface area contributed by atoms with E-state index in [2.05, 4.69) is 42.2 Å². The van der Waals surface area contributed by atoms with E-state index in [1.807, 2.05) is 0 Å². The first-order valence-corrected chi connectivity index (χ1v) is 8.88. The van der Waals surface area contributed by atoms with E-state index in [1.165, 1.54) is 18.4 Å². The van der Waals surface area contributed by atoms with Crippen molar-refractivity contribution in [2.24, 2.45) is 5.92 Å². The summed E-state index contributed by atoms with van der Waals surface area (Å²) < 4.78 is 0. The highest BCUT2D eigenvalue weighted by Gasteiger charge is 2.27. The largest absolute Gasteiger partial charge is 0.508 e. The molecule has 1 fully saturated rings. The highest BCUT2D eigenvalue weighted by molar-refractivity contribution is 5.28. The van der Waals surface area contributed by atoms with Crippen molar-refractivity contribution >= 4 is 0 Å². The van der Waals surface area contributed by atoms with E-state index >= 15 is 0 Å². The summed E-state index contributed by atoms with van der Waals surface area (Å²) in [7, 11) is 0. The maximum atomic E-state index is 10.6. The Morgan fingerprint density at radius 3 is 2.25 bits per heavy atom. The number of phenolic OH excluding ortho intramolecular Hbond substituents is 1. The van der Waals surface area contributed by atoms with Crippen LogP contribution >= 0.6 is 0 Å². The van der Waals surface area contributed by atoms with Gasteiger partial charge >= 0.3 is 0 Å². The van der Waals surface area contributed by atoms with Gasteiger partial charge in [-0.25, -0.2) is 0 Å². The smallest absolute Gasteiger partial charge is 0.115 e. The first-order valence-electron chi connectivity index (χ1n) is 8.88. The quantitative estimate of drug-likeness (QED) is 0.879. The molecule has 0 aromatic heterocycles. The lowest BCUT2D eigenvalue weighted by atomic mass is 9.89. The fourth-order valence-electron chi connectivity index (χ4n) is 3.66. The van der Waals surface area contributed by atoms with Gasteiger partial charge in [-0.05, 0) is 68.5 Å². The maximum absolute atomic E-state index is 10.6. The van der Waals surface area contributed by atoms with Gasteiger partial charge in [-0.15, -0.1) is 0 Å². The molecule has 3 rings (SSSR count). The van der Waals surface area contributed by atoms with Crippen LogP contribution in [0.5, 0.6) is 5.75 Å². The summed E-state index contributed by atoms with van der Waals surface area (Å²) in [5.41, 5.74) is 2.29. The molecule has 1 unspecified atom stereocenters. The Morgan fingerprint density at radius 1 is 1.00 bits per heavy atom. The summed E-state index contributed by atoms with van der Waals surface area (Å²) in [5, 5.41) is 20.0. The molecule has 3 nitrogen and oxygen atoms in total. The van der Waals surface area contributed by atoms with Gasteiger partial charge in [0.15, 0.2) is 0 Å². The van der Waals surface area contributed by atoms with Gasteiger partial charge < -0.3 is 10.2 Å². The highest BCUT2D eigenvalue weighted by Crippen LogP contribution is 2.28. The van der Waals surface area contributed by atoms with E-state index in [0.717, 1.165) is 31.0 Å². The van der Waals surface area contributed by atoms with Crippen LogP contribution in [-0.4, -0.2) is 34.2 Å². The van der Waals surface area contributed by atoms with Crippen LogP contribution in [0.15, 0.2) is 54.6 Å². The third-order valence-corrected chi connectivity index (χ3v) is 5.28. The summed E-state index contributed by atoms with van der Waals surface area (Å²) in [5.74, 6) is 0.974. The number of rotatable bonds is 5. The van der Waals surface area contributed by atoms with Crippen LogP contribution in [0.3, 0.4) is 0 Å². The number of benzene rings is 2. The normalized spacial score (nSPS) is 19.1. The molecule has 0 aliphatic carbocycles. The topological polar surface area (TPSA) is 43.7 Å². The second kappa shape index (κ2) is 7.82. The van der Waals surface area contributed by atoms with E-state index in [1.54, 1.807) is 24.3 Å². The van der Waals surface area contributed by atoms with Gasteiger partial charge in [0, 0.05) is 6.04 Å². The molecule has 0 spiro atoms. The molecule has 1 saturated heterocycles. The zero-order chi connectivity index (χ0) is 16.9. The second-order valence-electron chi connectivity index (χ2n) is 6.95. The number of phenols is 1. The average molecular weight is 325 g/mol. The van der Waals surface area contributed by atoms with Crippen molar-refractivity contribution in [3.63, 3.8) is 0 Å². The predicted octanol–water partition coefficient (Wildman–Crippen LogP) is 3.77. The van der Waals surface area contributed by atoms with Crippen molar-refractivity contribution in [1.29, 1.82) is 0 Å². The van der Waals surface area contributed by atoms with E-state index in [4.69, 9.17) is 0 Å². The van der Waals surface area contributed by atoms with Crippen LogP contribution in [0.2, 0.25) is 0 Å². The van der Waals surface area contributed by atoms with Crippen molar-refractivity contribution in [2.75, 3.05) is 13.1 Å². The van der Waals surface area contributed by atoms with Crippen LogP contribution in [0.4, 0.5) is 0 Å². The Bertz CT molecular complexity index is 618. The monoisotopic (exact) mass is 325 g/mol. The maximum Gasteiger partial charge on any atom is 0.115 e. The fourth-order valence-corrected chi connectivity index (χ4v) is 3.66. The van der Waals surface area contributed by atoms with Crippen LogP contribution in [0.1, 0.15) is 37.0 Å². The zero-order valence-electron chi connectivity index (χ0n) is 14.3. The Morgan fingerprint density at radius 2 is 1.62 bits per heavy atom. The molecule has 2 aromatic rings. The lowest BCUT2D eigenvalue weighted by Gasteiger charge is -2.38. The van der Waals surface area contributed by atoms with Crippen molar-refractivity contribution in [1.82, 2.24) is 4.90 Å². The van der Waals surface area contributed by atoms with Crippen LogP contribution in [0.25, 0.3) is 0 Å². The summed E-state index contributed by atoms with van der Waals surface area (Å²) >= 11 is 0. The van der Waals surface area contributed by atoms with Crippen molar-refractivity contribution in [3.8, 4) is 5.75 Å². The fraction of sp³-hybridized carbons (Fsp3) is 0.429. The minimum Gasteiger partial charge on any atom is -0.508 e. The Labute approximate surface area is 144 Å². The Hall–Kier alpha value is -1.84. The van der Waals surface area contributed by atoms with E-state index < -0.39 is 6.10 Å². The molecule has 2 N–H and O–H groups in total. The van der Waals surface area contributed by atoms with E-state index in [-0.39, 0.29) is 11.8 Å². The molecule has 128 valence electrons. The summed E-state index contributed by atoms with van der Waals surface area (Å²) in [6.07, 6.45) is 3.00. The standard InChI is InChI=1S/C21H27NO2/c1-16(21(24)19-7-9-20(23)10-8-19)22-13-11-18(12-14-22)15-17-5-3-2-4-6-17/h2-10,16,18,21,23-24H,11-15H2,1H3/t16-,21?/m1/s1.